The molecular weight excluding hydrogens is 398 g/mol. The lowest BCUT2D eigenvalue weighted by Crippen LogP contribution is -2.47. The number of amides is 3. The minimum Gasteiger partial charge on any atom is -0.451 e. The molecule has 9 nitrogen and oxygen atoms in total. The summed E-state index contributed by atoms with van der Waals surface area (Å²) in [5.74, 6) is -1.76. The van der Waals surface area contributed by atoms with Gasteiger partial charge in [-0.05, 0) is 70.7 Å². The first-order valence-corrected chi connectivity index (χ1v) is 10.7. The summed E-state index contributed by atoms with van der Waals surface area (Å²) in [6, 6.07) is -0.0506. The molecule has 162 valence electrons. The Morgan fingerprint density at radius 2 is 1.55 bits per heavy atom. The summed E-state index contributed by atoms with van der Waals surface area (Å²) in [5, 5.41) is 4.39. The first-order valence-electron chi connectivity index (χ1n) is 9.20. The number of rotatable bonds is 7. The third kappa shape index (κ3) is 6.26. The molecule has 1 rings (SSSR count). The fourth-order valence-electron chi connectivity index (χ4n) is 2.67. The van der Waals surface area contributed by atoms with Crippen molar-refractivity contribution in [1.29, 1.82) is 0 Å². The van der Waals surface area contributed by atoms with Gasteiger partial charge in [0.1, 0.15) is 6.04 Å². The quantitative estimate of drug-likeness (QED) is 0.563. The summed E-state index contributed by atoms with van der Waals surface area (Å²) < 4.78 is 33.0. The van der Waals surface area contributed by atoms with Crippen LogP contribution in [0.4, 0.5) is 4.79 Å². The Morgan fingerprint density at radius 1 is 1.03 bits per heavy atom. The van der Waals surface area contributed by atoms with Gasteiger partial charge in [0.25, 0.3) is 5.91 Å². The number of aryl methyl sites for hydroxylation is 2. The van der Waals surface area contributed by atoms with Gasteiger partial charge in [-0.15, -0.1) is 0 Å². The van der Waals surface area contributed by atoms with Crippen molar-refractivity contribution in [3.63, 3.8) is 0 Å². The number of urea groups is 1. The fraction of sp³-hybridized carbons (Fsp3) is 0.526. The summed E-state index contributed by atoms with van der Waals surface area (Å²) in [5.41, 5.74) is 2.82. The first kappa shape index (κ1) is 24.6. The largest absolute Gasteiger partial charge is 0.451 e. The van der Waals surface area contributed by atoms with E-state index < -0.39 is 40.1 Å². The van der Waals surface area contributed by atoms with Crippen LogP contribution in [0.15, 0.2) is 11.0 Å². The molecule has 0 aliphatic carbocycles. The van der Waals surface area contributed by atoms with Gasteiger partial charge in [0, 0.05) is 6.54 Å². The zero-order valence-electron chi connectivity index (χ0n) is 17.8. The third-order valence-electron chi connectivity index (χ3n) is 4.49. The van der Waals surface area contributed by atoms with Crippen LogP contribution < -0.4 is 15.4 Å². The highest BCUT2D eigenvalue weighted by molar-refractivity contribution is 7.89. The van der Waals surface area contributed by atoms with E-state index in [2.05, 4.69) is 10.0 Å². The van der Waals surface area contributed by atoms with Crippen molar-refractivity contribution < 1.29 is 27.5 Å². The Labute approximate surface area is 171 Å². The highest BCUT2D eigenvalue weighted by atomic mass is 32.2. The predicted molar refractivity (Wildman–Crippen MR) is 108 cm³/mol. The summed E-state index contributed by atoms with van der Waals surface area (Å²) in [4.78, 5) is 35.6. The highest BCUT2D eigenvalue weighted by Crippen LogP contribution is 2.26. The minimum absolute atomic E-state index is 0.122. The van der Waals surface area contributed by atoms with Gasteiger partial charge in [-0.1, -0.05) is 6.07 Å². The summed E-state index contributed by atoms with van der Waals surface area (Å²) in [6.45, 7) is 11.6. The van der Waals surface area contributed by atoms with Crippen LogP contribution in [-0.2, 0) is 24.3 Å². The first-order chi connectivity index (χ1) is 13.3. The summed E-state index contributed by atoms with van der Waals surface area (Å²) in [7, 11) is -4.01. The number of nitrogens with one attached hydrogen (secondary N) is 3. The Bertz CT molecular complexity index is 885. The Kier molecular flexibility index (Phi) is 8.34. The van der Waals surface area contributed by atoms with E-state index in [9.17, 15) is 22.8 Å². The van der Waals surface area contributed by atoms with E-state index in [0.717, 1.165) is 11.1 Å². The van der Waals surface area contributed by atoms with Gasteiger partial charge < -0.3 is 10.1 Å². The van der Waals surface area contributed by atoms with Crippen molar-refractivity contribution >= 4 is 27.9 Å². The average Bonchev–Trinajstić information content (AvgIpc) is 2.59. The van der Waals surface area contributed by atoms with Crippen molar-refractivity contribution in [2.24, 2.45) is 0 Å². The number of ether oxygens (including phenoxy) is 1. The standard InChI is InChI=1S/C19H29N3O6S/c1-8-20-19(25)21-17(23)15(7)28-18(24)14(6)22-29(26,27)16-12(4)10(2)9-11(3)13(16)5/h9,14-15,22H,8H2,1-7H3,(H2,20,21,23,25)/t14-,15-/m0/s1. The zero-order valence-corrected chi connectivity index (χ0v) is 18.6. The second-order valence-corrected chi connectivity index (χ2v) is 8.51. The third-order valence-corrected chi connectivity index (χ3v) is 6.30. The van der Waals surface area contributed by atoms with Crippen molar-refractivity contribution in [2.75, 3.05) is 6.54 Å². The smallest absolute Gasteiger partial charge is 0.324 e. The van der Waals surface area contributed by atoms with Crippen molar-refractivity contribution in [3.05, 3.63) is 28.3 Å². The zero-order chi connectivity index (χ0) is 22.5. The molecule has 0 aliphatic heterocycles. The molecule has 10 heteroatoms. The molecule has 0 saturated carbocycles. The molecule has 1 aromatic carbocycles. The van der Waals surface area contributed by atoms with Crippen LogP contribution in [0, 0.1) is 27.7 Å². The van der Waals surface area contributed by atoms with E-state index in [1.165, 1.54) is 13.8 Å². The number of imide groups is 1. The lowest BCUT2D eigenvalue weighted by molar-refractivity contribution is -0.155. The van der Waals surface area contributed by atoms with Crippen LogP contribution in [0.25, 0.3) is 0 Å². The SMILES string of the molecule is CCNC(=O)NC(=O)[C@H](C)OC(=O)[C@H](C)NS(=O)(=O)c1c(C)c(C)cc(C)c1C. The molecule has 3 amide bonds. The van der Waals surface area contributed by atoms with Gasteiger partial charge in [-0.25, -0.2) is 13.2 Å². The maximum Gasteiger partial charge on any atom is 0.324 e. The van der Waals surface area contributed by atoms with Crippen LogP contribution in [0.5, 0.6) is 0 Å². The van der Waals surface area contributed by atoms with E-state index in [0.29, 0.717) is 17.7 Å². The predicted octanol–water partition coefficient (Wildman–Crippen LogP) is 1.36. The van der Waals surface area contributed by atoms with Crippen LogP contribution in [-0.4, -0.2) is 45.0 Å². The number of carbonyl (C=O) groups is 3. The van der Waals surface area contributed by atoms with Crippen LogP contribution in [0.3, 0.4) is 0 Å². The van der Waals surface area contributed by atoms with Gasteiger partial charge in [-0.2, -0.15) is 4.72 Å². The summed E-state index contributed by atoms with van der Waals surface area (Å²) >= 11 is 0. The van der Waals surface area contributed by atoms with E-state index in [1.54, 1.807) is 20.8 Å². The van der Waals surface area contributed by atoms with Crippen molar-refractivity contribution in [2.45, 2.75) is 65.5 Å². The molecule has 0 spiro atoms. The fourth-order valence-corrected chi connectivity index (χ4v) is 4.48. The van der Waals surface area contributed by atoms with Crippen LogP contribution in [0.2, 0.25) is 0 Å². The highest BCUT2D eigenvalue weighted by Gasteiger charge is 2.29. The van der Waals surface area contributed by atoms with Crippen LogP contribution in [0.1, 0.15) is 43.0 Å². The maximum atomic E-state index is 12.9. The van der Waals surface area contributed by atoms with Gasteiger partial charge >= 0.3 is 12.0 Å². The summed E-state index contributed by atoms with van der Waals surface area (Å²) in [6.07, 6.45) is -1.28. The molecule has 29 heavy (non-hydrogen) atoms. The van der Waals surface area contributed by atoms with Crippen molar-refractivity contribution in [1.82, 2.24) is 15.4 Å². The molecule has 3 N–H and O–H groups in total. The molecule has 0 saturated heterocycles. The molecule has 0 heterocycles. The Morgan fingerprint density at radius 3 is 2.03 bits per heavy atom. The van der Waals surface area contributed by atoms with E-state index in [-0.39, 0.29) is 4.90 Å². The number of benzene rings is 1. The molecule has 0 radical (unpaired) electrons. The topological polar surface area (TPSA) is 131 Å². The molecule has 0 fully saturated rings. The van der Waals surface area contributed by atoms with E-state index in [1.807, 2.05) is 25.2 Å². The Balaban J connectivity index is 2.90. The van der Waals surface area contributed by atoms with Gasteiger partial charge in [0.2, 0.25) is 10.0 Å². The molecule has 0 aliphatic rings. The molecule has 2 atom stereocenters. The second-order valence-electron chi connectivity index (χ2n) is 6.86. The van der Waals surface area contributed by atoms with Gasteiger partial charge in [0.15, 0.2) is 6.10 Å². The molecule has 0 aromatic heterocycles. The second kappa shape index (κ2) is 9.84. The van der Waals surface area contributed by atoms with E-state index in [4.69, 9.17) is 4.74 Å². The molecule has 1 aromatic rings. The lowest BCUT2D eigenvalue weighted by atomic mass is 10.0. The van der Waals surface area contributed by atoms with Gasteiger partial charge in [-0.3, -0.25) is 14.9 Å². The molecular formula is C19H29N3O6S. The number of sulfonamides is 1. The number of carbonyl (C=O) groups excluding carboxylic acids is 3. The normalized spacial score (nSPS) is 13.3. The monoisotopic (exact) mass is 427 g/mol. The molecule has 0 unspecified atom stereocenters. The van der Waals surface area contributed by atoms with Gasteiger partial charge in [0.05, 0.1) is 4.90 Å². The lowest BCUT2D eigenvalue weighted by Gasteiger charge is -2.20. The molecule has 0 bridgehead atoms. The average molecular weight is 428 g/mol. The number of hydrogen-bond donors (Lipinski definition) is 3. The number of hydrogen-bond acceptors (Lipinski definition) is 6. The van der Waals surface area contributed by atoms with Crippen LogP contribution >= 0.6 is 0 Å². The maximum absolute atomic E-state index is 12.9. The number of esters is 1. The van der Waals surface area contributed by atoms with Crippen molar-refractivity contribution in [3.8, 4) is 0 Å². The Hall–Kier alpha value is -2.46. The van der Waals surface area contributed by atoms with E-state index >= 15 is 0 Å². The minimum atomic E-state index is -4.01.